The van der Waals surface area contributed by atoms with Crippen LogP contribution in [0, 0.1) is 32.0 Å². The summed E-state index contributed by atoms with van der Waals surface area (Å²) >= 11 is 5.72. The van der Waals surface area contributed by atoms with Gasteiger partial charge in [0.1, 0.15) is 18.3 Å². The van der Waals surface area contributed by atoms with E-state index in [1.807, 2.05) is 44.3 Å². The molecule has 12 heteroatoms. The molecule has 1 aliphatic carbocycles. The Morgan fingerprint density at radius 1 is 1.07 bits per heavy atom. The van der Waals surface area contributed by atoms with Crippen molar-refractivity contribution < 1.29 is 28.3 Å². The highest BCUT2D eigenvalue weighted by molar-refractivity contribution is 6.33. The summed E-state index contributed by atoms with van der Waals surface area (Å²) in [7, 11) is 0. The van der Waals surface area contributed by atoms with Gasteiger partial charge in [0.25, 0.3) is 17.7 Å². The summed E-state index contributed by atoms with van der Waals surface area (Å²) in [6.45, 7) is 4.08. The minimum Gasteiger partial charge on any atom is -0.481 e. The van der Waals surface area contributed by atoms with Gasteiger partial charge >= 0.3 is 0 Å². The van der Waals surface area contributed by atoms with E-state index in [1.165, 1.54) is 11.0 Å². The summed E-state index contributed by atoms with van der Waals surface area (Å²) in [5, 5.41) is 4.14. The Kier molecular flexibility index (Phi) is 9.34. The van der Waals surface area contributed by atoms with E-state index >= 15 is 0 Å². The zero-order valence-corrected chi connectivity index (χ0v) is 25.6. The van der Waals surface area contributed by atoms with Crippen LogP contribution in [0.25, 0.3) is 0 Å². The molecule has 2 aromatic carbocycles. The molecule has 3 aromatic rings. The molecule has 0 unspecified atom stereocenters. The molecule has 4 amide bonds. The fourth-order valence-electron chi connectivity index (χ4n) is 5.71. The molecule has 0 saturated carbocycles. The minimum absolute atomic E-state index is 0.0170. The molecule has 10 nitrogen and oxygen atoms in total. The number of anilines is 3. The van der Waals surface area contributed by atoms with Crippen molar-refractivity contribution in [2.45, 2.75) is 46.2 Å². The summed E-state index contributed by atoms with van der Waals surface area (Å²) in [6, 6.07) is 10.1. The number of fused-ring (bicyclic) bond motifs is 1. The van der Waals surface area contributed by atoms with Gasteiger partial charge in [-0.1, -0.05) is 24.1 Å². The van der Waals surface area contributed by atoms with Gasteiger partial charge < -0.3 is 4.74 Å². The molecular formula is C33H31ClFN5O5. The number of nitrogens with zero attached hydrogens (tertiary/aromatic N) is 5. The number of amides is 4. The van der Waals surface area contributed by atoms with Crippen LogP contribution < -0.4 is 19.4 Å². The molecule has 1 aromatic heterocycles. The lowest BCUT2D eigenvalue weighted by atomic mass is 9.93. The lowest BCUT2D eigenvalue weighted by molar-refractivity contribution is -0.121. The van der Waals surface area contributed by atoms with Crippen molar-refractivity contribution in [1.82, 2.24) is 9.78 Å². The van der Waals surface area contributed by atoms with Crippen LogP contribution in [0.2, 0.25) is 0 Å². The lowest BCUT2D eigenvalue weighted by Gasteiger charge is -2.29. The van der Waals surface area contributed by atoms with Crippen LogP contribution in [0.4, 0.5) is 21.5 Å². The largest absolute Gasteiger partial charge is 0.481 e. The molecule has 0 fully saturated rings. The molecular weight excluding hydrogens is 601 g/mol. The van der Waals surface area contributed by atoms with Crippen molar-refractivity contribution in [3.8, 4) is 18.1 Å². The van der Waals surface area contributed by atoms with E-state index < -0.39 is 17.6 Å². The minimum atomic E-state index is -0.764. The number of hydrogen-bond donors (Lipinski definition) is 0. The number of aryl methyl sites for hydroxylation is 2. The second kappa shape index (κ2) is 13.4. The van der Waals surface area contributed by atoms with Crippen LogP contribution in [0.1, 0.15) is 36.8 Å². The number of ether oxygens (including phenoxy) is 1. The monoisotopic (exact) mass is 631 g/mol. The molecule has 232 valence electrons. The molecule has 0 spiro atoms. The Morgan fingerprint density at radius 3 is 2.31 bits per heavy atom. The predicted octanol–water partition coefficient (Wildman–Crippen LogP) is 4.66. The van der Waals surface area contributed by atoms with E-state index in [1.54, 1.807) is 15.8 Å². The number of hydrogen-bond acceptors (Lipinski definition) is 6. The lowest BCUT2D eigenvalue weighted by Crippen LogP contribution is -2.39. The maximum absolute atomic E-state index is 14.7. The SMILES string of the molecule is C#CCN1C(=O)COc2cc(F)c(N3C(=O)C4=C(CCCC4)C3=O)cc21.Cc1cccc(C)c1N(Cn1cccn1)C(=O)CCl. The predicted molar refractivity (Wildman–Crippen MR) is 167 cm³/mol. The first kappa shape index (κ1) is 31.5. The second-order valence-electron chi connectivity index (χ2n) is 10.7. The fourth-order valence-corrected chi connectivity index (χ4v) is 5.86. The van der Waals surface area contributed by atoms with Crippen molar-refractivity contribution in [2.75, 3.05) is 33.7 Å². The Labute approximate surface area is 265 Å². The van der Waals surface area contributed by atoms with Crippen LogP contribution in [0.5, 0.6) is 5.75 Å². The zero-order valence-electron chi connectivity index (χ0n) is 24.9. The van der Waals surface area contributed by atoms with E-state index in [-0.39, 0.29) is 48.0 Å². The summed E-state index contributed by atoms with van der Waals surface area (Å²) in [4.78, 5) is 53.3. The van der Waals surface area contributed by atoms with Crippen molar-refractivity contribution in [2.24, 2.45) is 0 Å². The van der Waals surface area contributed by atoms with Gasteiger partial charge in [-0.05, 0) is 62.8 Å². The number of para-hydroxylation sites is 1. The van der Waals surface area contributed by atoms with Gasteiger partial charge in [0.2, 0.25) is 5.91 Å². The van der Waals surface area contributed by atoms with Gasteiger partial charge in [0.05, 0.1) is 23.6 Å². The molecule has 0 bridgehead atoms. The van der Waals surface area contributed by atoms with Gasteiger partial charge in [0.15, 0.2) is 12.4 Å². The van der Waals surface area contributed by atoms with Crippen LogP contribution in [-0.4, -0.2) is 52.4 Å². The topological polar surface area (TPSA) is 105 Å². The van der Waals surface area contributed by atoms with E-state index in [4.69, 9.17) is 22.8 Å². The average molecular weight is 632 g/mol. The molecule has 3 aliphatic rings. The summed E-state index contributed by atoms with van der Waals surface area (Å²) in [5.74, 6) is 0.229. The number of imide groups is 1. The average Bonchev–Trinajstić information content (AvgIpc) is 3.64. The summed E-state index contributed by atoms with van der Waals surface area (Å²) < 4.78 is 21.6. The standard InChI is InChI=1S/C19H15FN2O4.C14H16ClN3O/c1-2-7-21-15-9-14(13(20)8-16(15)26-10-17(21)23)22-18(24)11-5-3-4-6-12(11)19(22)25;1-11-5-3-6-12(2)14(11)18(13(19)9-15)10-17-8-4-7-16-17/h1,8-9H,3-7,10H2;3-8H,9-10H2,1-2H3. The number of benzene rings is 2. The van der Waals surface area contributed by atoms with Crippen LogP contribution in [-0.2, 0) is 25.8 Å². The highest BCUT2D eigenvalue weighted by atomic mass is 35.5. The number of aromatic nitrogens is 2. The van der Waals surface area contributed by atoms with Crippen LogP contribution in [0.3, 0.4) is 0 Å². The first-order valence-electron chi connectivity index (χ1n) is 14.4. The van der Waals surface area contributed by atoms with Gasteiger partial charge in [-0.25, -0.2) is 9.29 Å². The van der Waals surface area contributed by atoms with Crippen molar-refractivity contribution in [3.63, 3.8) is 0 Å². The highest BCUT2D eigenvalue weighted by Crippen LogP contribution is 2.41. The van der Waals surface area contributed by atoms with Crippen molar-refractivity contribution in [1.29, 1.82) is 0 Å². The Balaban J connectivity index is 0.000000187. The maximum atomic E-state index is 14.7. The molecule has 0 radical (unpaired) electrons. The zero-order chi connectivity index (χ0) is 32.2. The quantitative estimate of drug-likeness (QED) is 0.223. The molecule has 0 N–H and O–H groups in total. The smallest absolute Gasteiger partial charge is 0.265 e. The van der Waals surface area contributed by atoms with E-state index in [0.717, 1.165) is 40.6 Å². The van der Waals surface area contributed by atoms with Gasteiger partial charge in [-0.15, -0.1) is 18.0 Å². The van der Waals surface area contributed by atoms with Crippen LogP contribution in [0.15, 0.2) is 59.9 Å². The molecule has 2 aliphatic heterocycles. The molecule has 3 heterocycles. The Bertz CT molecular complexity index is 1700. The Morgan fingerprint density at radius 2 is 1.73 bits per heavy atom. The number of carbonyl (C=O) groups is 4. The van der Waals surface area contributed by atoms with Crippen LogP contribution >= 0.6 is 11.6 Å². The molecule has 0 saturated heterocycles. The Hall–Kier alpha value is -4.95. The van der Waals surface area contributed by atoms with Crippen molar-refractivity contribution >= 4 is 52.3 Å². The molecule has 0 atom stereocenters. The number of halogens is 2. The third-order valence-electron chi connectivity index (χ3n) is 7.82. The molecule has 6 rings (SSSR count). The first-order chi connectivity index (χ1) is 21.7. The van der Waals surface area contributed by atoms with Gasteiger partial charge in [-0.2, -0.15) is 5.10 Å². The molecule has 45 heavy (non-hydrogen) atoms. The second-order valence-corrected chi connectivity index (χ2v) is 11.0. The highest BCUT2D eigenvalue weighted by Gasteiger charge is 2.41. The summed E-state index contributed by atoms with van der Waals surface area (Å²) in [5.41, 5.74) is 3.99. The normalized spacial score (nSPS) is 15.6. The maximum Gasteiger partial charge on any atom is 0.265 e. The third-order valence-corrected chi connectivity index (χ3v) is 8.05. The number of carbonyl (C=O) groups excluding carboxylic acids is 4. The summed E-state index contributed by atoms with van der Waals surface area (Å²) in [6.07, 6.45) is 11.5. The van der Waals surface area contributed by atoms with E-state index in [2.05, 4.69) is 11.0 Å². The number of terminal acetylenes is 1. The van der Waals surface area contributed by atoms with E-state index in [9.17, 15) is 23.6 Å². The fraction of sp³-hybridized carbons (Fsp3) is 0.303. The number of alkyl halides is 1. The van der Waals surface area contributed by atoms with Gasteiger partial charge in [-0.3, -0.25) is 33.7 Å². The third kappa shape index (κ3) is 6.19. The van der Waals surface area contributed by atoms with Crippen molar-refractivity contribution in [3.05, 3.63) is 76.9 Å². The first-order valence-corrected chi connectivity index (χ1v) is 14.9. The van der Waals surface area contributed by atoms with E-state index in [0.29, 0.717) is 30.7 Å². The van der Waals surface area contributed by atoms with Gasteiger partial charge in [0, 0.05) is 29.6 Å². The number of rotatable bonds is 6.